The average molecular weight is 373 g/mol. The first-order chi connectivity index (χ1) is 9.88. The Hall–Kier alpha value is -2.12. The van der Waals surface area contributed by atoms with Crippen molar-refractivity contribution in [3.8, 4) is 11.5 Å². The van der Waals surface area contributed by atoms with Gasteiger partial charge >= 0.3 is 11.7 Å². The van der Waals surface area contributed by atoms with Crippen LogP contribution in [0.15, 0.2) is 40.9 Å². The molecule has 8 heteroatoms. The molecule has 2 rings (SSSR count). The number of ether oxygens (including phenoxy) is 1. The number of benzene rings is 2. The smallest absolute Gasteiger partial charge is 0.337 e. The summed E-state index contributed by atoms with van der Waals surface area (Å²) in [5.41, 5.74) is -0.294. The Kier molecular flexibility index (Phi) is 4.44. The summed E-state index contributed by atoms with van der Waals surface area (Å²) in [5, 5.41) is 19.8. The standard InChI is InChI=1S/C13H7BrClNO5/c14-7-1-4-12(11(5-7)16(19)20)21-8-2-3-9(13(17)18)10(15)6-8/h1-6H,(H,17,18). The van der Waals surface area contributed by atoms with Crippen LogP contribution in [0.4, 0.5) is 5.69 Å². The maximum absolute atomic E-state index is 11.0. The second-order valence-corrected chi connectivity index (χ2v) is 5.24. The number of carbonyl (C=O) groups is 1. The van der Waals surface area contributed by atoms with Crippen molar-refractivity contribution in [2.45, 2.75) is 0 Å². The topological polar surface area (TPSA) is 89.7 Å². The lowest BCUT2D eigenvalue weighted by Gasteiger charge is -2.08. The van der Waals surface area contributed by atoms with Gasteiger partial charge in [-0.3, -0.25) is 10.1 Å². The summed E-state index contributed by atoms with van der Waals surface area (Å²) in [6.07, 6.45) is 0. The Morgan fingerprint density at radius 2 is 2.00 bits per heavy atom. The van der Waals surface area contributed by atoms with Gasteiger partial charge in [0.1, 0.15) is 5.75 Å². The zero-order valence-corrected chi connectivity index (χ0v) is 12.6. The van der Waals surface area contributed by atoms with Crippen LogP contribution in [0.5, 0.6) is 11.5 Å². The van der Waals surface area contributed by atoms with Crippen LogP contribution in [0.3, 0.4) is 0 Å². The molecule has 2 aromatic rings. The zero-order valence-electron chi connectivity index (χ0n) is 10.2. The zero-order chi connectivity index (χ0) is 15.6. The Morgan fingerprint density at radius 3 is 2.57 bits per heavy atom. The van der Waals surface area contributed by atoms with Gasteiger partial charge in [-0.2, -0.15) is 0 Å². The van der Waals surface area contributed by atoms with Crippen LogP contribution in [-0.4, -0.2) is 16.0 Å². The van der Waals surface area contributed by atoms with Crippen LogP contribution in [0.25, 0.3) is 0 Å². The molecule has 108 valence electrons. The highest BCUT2D eigenvalue weighted by molar-refractivity contribution is 9.10. The molecular weight excluding hydrogens is 366 g/mol. The molecule has 0 aliphatic carbocycles. The highest BCUT2D eigenvalue weighted by Crippen LogP contribution is 2.34. The molecule has 0 saturated carbocycles. The molecule has 0 saturated heterocycles. The van der Waals surface area contributed by atoms with E-state index in [0.29, 0.717) is 4.47 Å². The first kappa shape index (κ1) is 15.3. The molecule has 0 unspecified atom stereocenters. The van der Waals surface area contributed by atoms with Crippen LogP contribution in [0, 0.1) is 10.1 Å². The van der Waals surface area contributed by atoms with Crippen molar-refractivity contribution in [3.63, 3.8) is 0 Å². The largest absolute Gasteiger partial charge is 0.478 e. The third-order valence-corrected chi connectivity index (χ3v) is 3.32. The van der Waals surface area contributed by atoms with Gasteiger partial charge in [0.2, 0.25) is 5.75 Å². The van der Waals surface area contributed by atoms with Gasteiger partial charge in [-0.15, -0.1) is 0 Å². The molecule has 0 aliphatic heterocycles. The lowest BCUT2D eigenvalue weighted by atomic mass is 10.2. The predicted molar refractivity (Wildman–Crippen MR) is 79.3 cm³/mol. The number of nitro groups is 1. The number of nitro benzene ring substituents is 1. The van der Waals surface area contributed by atoms with Crippen LogP contribution in [0.2, 0.25) is 5.02 Å². The molecule has 0 heterocycles. The number of hydrogen-bond acceptors (Lipinski definition) is 4. The quantitative estimate of drug-likeness (QED) is 0.630. The first-order valence-electron chi connectivity index (χ1n) is 5.53. The highest BCUT2D eigenvalue weighted by Gasteiger charge is 2.17. The van der Waals surface area contributed by atoms with E-state index in [-0.39, 0.29) is 27.8 Å². The summed E-state index contributed by atoms with van der Waals surface area (Å²) in [7, 11) is 0. The number of rotatable bonds is 4. The minimum absolute atomic E-state index is 0.0141. The van der Waals surface area contributed by atoms with Gasteiger partial charge in [0, 0.05) is 16.6 Å². The Bertz CT molecular complexity index is 734. The third kappa shape index (κ3) is 3.50. The molecule has 2 aromatic carbocycles. The third-order valence-electron chi connectivity index (χ3n) is 2.52. The molecule has 0 atom stereocenters. The van der Waals surface area contributed by atoms with E-state index < -0.39 is 10.9 Å². The molecule has 0 bridgehead atoms. The number of aromatic carboxylic acids is 1. The van der Waals surface area contributed by atoms with E-state index in [1.807, 2.05) is 0 Å². The maximum atomic E-state index is 11.0. The normalized spacial score (nSPS) is 10.2. The van der Waals surface area contributed by atoms with Crippen molar-refractivity contribution in [1.82, 2.24) is 0 Å². The summed E-state index contributed by atoms with van der Waals surface area (Å²) in [5.74, 6) is -0.932. The number of carboxylic acids is 1. The fourth-order valence-electron chi connectivity index (χ4n) is 1.58. The van der Waals surface area contributed by atoms with Gasteiger partial charge in [-0.05, 0) is 24.3 Å². The molecule has 0 radical (unpaired) electrons. The van der Waals surface area contributed by atoms with E-state index in [4.69, 9.17) is 21.4 Å². The minimum Gasteiger partial charge on any atom is -0.478 e. The molecule has 0 aromatic heterocycles. The summed E-state index contributed by atoms with van der Waals surface area (Å²) < 4.78 is 5.94. The molecule has 1 N–H and O–H groups in total. The van der Waals surface area contributed by atoms with Crippen LogP contribution in [0.1, 0.15) is 10.4 Å². The Morgan fingerprint density at radius 1 is 1.29 bits per heavy atom. The van der Waals surface area contributed by atoms with Crippen molar-refractivity contribution in [3.05, 3.63) is 61.6 Å². The van der Waals surface area contributed by atoms with Gasteiger partial charge in [0.15, 0.2) is 0 Å². The monoisotopic (exact) mass is 371 g/mol. The van der Waals surface area contributed by atoms with Gasteiger partial charge < -0.3 is 9.84 Å². The van der Waals surface area contributed by atoms with E-state index in [9.17, 15) is 14.9 Å². The number of nitrogens with zero attached hydrogens (tertiary/aromatic N) is 1. The second kappa shape index (κ2) is 6.11. The van der Waals surface area contributed by atoms with Gasteiger partial charge in [-0.25, -0.2) is 4.79 Å². The molecule has 0 aliphatic rings. The van der Waals surface area contributed by atoms with Crippen LogP contribution in [-0.2, 0) is 0 Å². The molecule has 0 amide bonds. The summed E-state index contributed by atoms with van der Waals surface area (Å²) in [6.45, 7) is 0. The van der Waals surface area contributed by atoms with Crippen molar-refractivity contribution in [2.24, 2.45) is 0 Å². The Labute approximate surface area is 132 Å². The highest BCUT2D eigenvalue weighted by atomic mass is 79.9. The van der Waals surface area contributed by atoms with Crippen molar-refractivity contribution in [1.29, 1.82) is 0 Å². The van der Waals surface area contributed by atoms with E-state index in [0.717, 1.165) is 0 Å². The van der Waals surface area contributed by atoms with E-state index in [2.05, 4.69) is 15.9 Å². The fourth-order valence-corrected chi connectivity index (χ4v) is 2.18. The lowest BCUT2D eigenvalue weighted by molar-refractivity contribution is -0.385. The van der Waals surface area contributed by atoms with Crippen molar-refractivity contribution < 1.29 is 19.6 Å². The minimum atomic E-state index is -1.17. The molecule has 6 nitrogen and oxygen atoms in total. The first-order valence-corrected chi connectivity index (χ1v) is 6.70. The van der Waals surface area contributed by atoms with Crippen molar-refractivity contribution >= 4 is 39.2 Å². The van der Waals surface area contributed by atoms with E-state index in [1.165, 1.54) is 30.3 Å². The van der Waals surface area contributed by atoms with Crippen LogP contribution < -0.4 is 4.74 Å². The van der Waals surface area contributed by atoms with E-state index in [1.54, 1.807) is 6.07 Å². The molecule has 0 fully saturated rings. The number of halogens is 2. The molecule has 21 heavy (non-hydrogen) atoms. The fraction of sp³-hybridized carbons (Fsp3) is 0. The summed E-state index contributed by atoms with van der Waals surface area (Å²) in [4.78, 5) is 21.3. The Balaban J connectivity index is 2.37. The second-order valence-electron chi connectivity index (χ2n) is 3.92. The predicted octanol–water partition coefficient (Wildman–Crippen LogP) is 4.50. The van der Waals surface area contributed by atoms with E-state index >= 15 is 0 Å². The molecule has 0 spiro atoms. The lowest BCUT2D eigenvalue weighted by Crippen LogP contribution is -1.98. The number of carboxylic acid groups (broad SMARTS) is 1. The van der Waals surface area contributed by atoms with Gasteiger partial charge in [0.05, 0.1) is 15.5 Å². The molecular formula is C13H7BrClNO5. The van der Waals surface area contributed by atoms with Gasteiger partial charge in [0.25, 0.3) is 0 Å². The maximum Gasteiger partial charge on any atom is 0.337 e. The SMILES string of the molecule is O=C(O)c1ccc(Oc2ccc(Br)cc2[N+](=O)[O-])cc1Cl. The number of hydrogen-bond donors (Lipinski definition) is 1. The van der Waals surface area contributed by atoms with Crippen molar-refractivity contribution in [2.75, 3.05) is 0 Å². The summed E-state index contributed by atoms with van der Waals surface area (Å²) in [6, 6.07) is 8.27. The summed E-state index contributed by atoms with van der Waals surface area (Å²) >= 11 is 8.96. The van der Waals surface area contributed by atoms with Crippen LogP contribution >= 0.6 is 27.5 Å². The van der Waals surface area contributed by atoms with Gasteiger partial charge in [-0.1, -0.05) is 27.5 Å². The average Bonchev–Trinajstić information content (AvgIpc) is 2.40.